The van der Waals surface area contributed by atoms with Gasteiger partial charge in [0.05, 0.1) is 27.8 Å². The van der Waals surface area contributed by atoms with Crippen molar-refractivity contribution in [3.05, 3.63) is 47.5 Å². The fourth-order valence-corrected chi connectivity index (χ4v) is 3.36. The number of fused-ring (bicyclic) bond motifs is 1. The van der Waals surface area contributed by atoms with Crippen molar-refractivity contribution in [1.82, 2.24) is 0 Å². The first-order valence-electron chi connectivity index (χ1n) is 9.23. The zero-order chi connectivity index (χ0) is 21.0. The lowest BCUT2D eigenvalue weighted by atomic mass is 10.1. The maximum absolute atomic E-state index is 12.3. The molecule has 2 aromatic carbocycles. The van der Waals surface area contributed by atoms with E-state index in [1.165, 1.54) is 27.4 Å². The quantitative estimate of drug-likeness (QED) is 0.727. The number of hydrogen-bond donors (Lipinski definition) is 1. The number of carbonyl (C=O) groups is 2. The first kappa shape index (κ1) is 20.3. The molecule has 0 aliphatic carbocycles. The van der Waals surface area contributed by atoms with E-state index < -0.39 is 0 Å². The van der Waals surface area contributed by atoms with E-state index in [9.17, 15) is 9.59 Å². The molecule has 7 heteroatoms. The third kappa shape index (κ3) is 4.18. The number of carbonyl (C=O) groups excluding carboxylic acids is 2. The monoisotopic (exact) mass is 396 g/mol. The van der Waals surface area contributed by atoms with Crippen LogP contribution in [0, 0.1) is 0 Å². The van der Waals surface area contributed by atoms with E-state index in [1.54, 1.807) is 29.2 Å². The number of methoxy groups -OCH3 is 3. The molecule has 0 spiro atoms. The predicted octanol–water partition coefficient (Wildman–Crippen LogP) is 3.27. The SMILES string of the molecule is CCN1C(=O)Cc2cc(NC(=O)/C=C/c3cc(OC)c(OC)c(OC)c3)ccc21. The number of benzene rings is 2. The molecule has 3 rings (SSSR count). The first-order valence-corrected chi connectivity index (χ1v) is 9.23. The summed E-state index contributed by atoms with van der Waals surface area (Å²) in [6, 6.07) is 9.01. The van der Waals surface area contributed by atoms with Crippen LogP contribution in [0.1, 0.15) is 18.1 Å². The molecular formula is C22H24N2O5. The Balaban J connectivity index is 1.74. The topological polar surface area (TPSA) is 77.1 Å². The second kappa shape index (κ2) is 8.68. The van der Waals surface area contributed by atoms with Gasteiger partial charge in [-0.25, -0.2) is 0 Å². The molecule has 2 amide bonds. The number of nitrogens with one attached hydrogen (secondary N) is 1. The van der Waals surface area contributed by atoms with Crippen LogP contribution in [-0.4, -0.2) is 39.7 Å². The molecule has 0 saturated heterocycles. The smallest absolute Gasteiger partial charge is 0.248 e. The molecule has 29 heavy (non-hydrogen) atoms. The van der Waals surface area contributed by atoms with E-state index in [4.69, 9.17) is 14.2 Å². The minimum absolute atomic E-state index is 0.0771. The standard InChI is InChI=1S/C22H24N2O5/c1-5-24-17-8-7-16(12-15(17)13-21(24)26)23-20(25)9-6-14-10-18(27-2)22(29-4)19(11-14)28-3/h6-12H,5,13H2,1-4H3,(H,23,25)/b9-6+. The van der Waals surface area contributed by atoms with Crippen LogP contribution in [-0.2, 0) is 16.0 Å². The average Bonchev–Trinajstić information content (AvgIpc) is 3.05. The Morgan fingerprint density at radius 2 is 1.79 bits per heavy atom. The van der Waals surface area contributed by atoms with Gasteiger partial charge in [0.25, 0.3) is 0 Å². The summed E-state index contributed by atoms with van der Waals surface area (Å²) in [5.74, 6) is 1.31. The van der Waals surface area contributed by atoms with Gasteiger partial charge in [-0.05, 0) is 54.5 Å². The van der Waals surface area contributed by atoms with E-state index in [-0.39, 0.29) is 11.8 Å². The van der Waals surface area contributed by atoms with E-state index in [2.05, 4.69) is 5.32 Å². The molecule has 7 nitrogen and oxygen atoms in total. The second-order valence-corrected chi connectivity index (χ2v) is 6.44. The lowest BCUT2D eigenvalue weighted by Crippen LogP contribution is -2.25. The highest BCUT2D eigenvalue weighted by molar-refractivity contribution is 6.04. The van der Waals surface area contributed by atoms with Crippen LogP contribution >= 0.6 is 0 Å². The Labute approximate surface area is 169 Å². The Bertz CT molecular complexity index is 943. The predicted molar refractivity (Wildman–Crippen MR) is 112 cm³/mol. The van der Waals surface area contributed by atoms with E-state index >= 15 is 0 Å². The second-order valence-electron chi connectivity index (χ2n) is 6.44. The number of amides is 2. The molecule has 0 fully saturated rings. The summed E-state index contributed by atoms with van der Waals surface area (Å²) in [5, 5.41) is 2.83. The largest absolute Gasteiger partial charge is 0.493 e. The molecule has 0 atom stereocenters. The van der Waals surface area contributed by atoms with E-state index in [0.717, 1.165) is 16.8 Å². The minimum Gasteiger partial charge on any atom is -0.493 e. The van der Waals surface area contributed by atoms with Gasteiger partial charge in [-0.2, -0.15) is 0 Å². The van der Waals surface area contributed by atoms with Crippen LogP contribution in [0.15, 0.2) is 36.4 Å². The summed E-state index contributed by atoms with van der Waals surface area (Å²) >= 11 is 0. The molecule has 1 heterocycles. The molecule has 0 unspecified atom stereocenters. The van der Waals surface area contributed by atoms with Gasteiger partial charge in [0.2, 0.25) is 17.6 Å². The van der Waals surface area contributed by atoms with Crippen molar-refractivity contribution in [3.63, 3.8) is 0 Å². The number of likely N-dealkylation sites (N-methyl/N-ethyl adjacent to an activating group) is 1. The Hall–Kier alpha value is -3.48. The Kier molecular flexibility index (Phi) is 6.07. The number of ether oxygens (including phenoxy) is 3. The normalized spacial score (nSPS) is 12.8. The molecule has 0 aromatic heterocycles. The maximum Gasteiger partial charge on any atom is 0.248 e. The highest BCUT2D eigenvalue weighted by atomic mass is 16.5. The number of anilines is 2. The van der Waals surface area contributed by atoms with Gasteiger partial charge in [-0.1, -0.05) is 0 Å². The molecule has 2 aromatic rings. The fraction of sp³-hybridized carbons (Fsp3) is 0.273. The molecular weight excluding hydrogens is 372 g/mol. The van der Waals surface area contributed by atoms with Crippen molar-refractivity contribution in [3.8, 4) is 17.2 Å². The van der Waals surface area contributed by atoms with Crippen LogP contribution in [0.4, 0.5) is 11.4 Å². The lowest BCUT2D eigenvalue weighted by Gasteiger charge is -2.14. The number of nitrogens with zero attached hydrogens (tertiary/aromatic N) is 1. The number of rotatable bonds is 7. The molecule has 0 bridgehead atoms. The van der Waals surface area contributed by atoms with Crippen LogP contribution < -0.4 is 24.4 Å². The van der Waals surface area contributed by atoms with Crippen molar-refractivity contribution >= 4 is 29.3 Å². The van der Waals surface area contributed by atoms with E-state index in [1.807, 2.05) is 19.1 Å². The Morgan fingerprint density at radius 3 is 2.38 bits per heavy atom. The fourth-order valence-electron chi connectivity index (χ4n) is 3.36. The molecule has 1 N–H and O–H groups in total. The zero-order valence-corrected chi connectivity index (χ0v) is 16.9. The molecule has 0 radical (unpaired) electrons. The van der Waals surface area contributed by atoms with Crippen molar-refractivity contribution in [1.29, 1.82) is 0 Å². The van der Waals surface area contributed by atoms with Crippen LogP contribution in [0.25, 0.3) is 6.08 Å². The van der Waals surface area contributed by atoms with Crippen molar-refractivity contribution in [2.75, 3.05) is 38.1 Å². The van der Waals surface area contributed by atoms with Gasteiger partial charge in [0, 0.05) is 24.0 Å². The zero-order valence-electron chi connectivity index (χ0n) is 16.9. The maximum atomic E-state index is 12.3. The van der Waals surface area contributed by atoms with Crippen LogP contribution in [0.3, 0.4) is 0 Å². The number of hydrogen-bond acceptors (Lipinski definition) is 5. The summed E-state index contributed by atoms with van der Waals surface area (Å²) in [6.07, 6.45) is 3.45. The van der Waals surface area contributed by atoms with Gasteiger partial charge in [0.1, 0.15) is 0 Å². The van der Waals surface area contributed by atoms with Gasteiger partial charge in [0.15, 0.2) is 11.5 Å². The average molecular weight is 396 g/mol. The molecule has 1 aliphatic rings. The highest BCUT2D eigenvalue weighted by Crippen LogP contribution is 2.38. The van der Waals surface area contributed by atoms with Crippen LogP contribution in [0.5, 0.6) is 17.2 Å². The summed E-state index contributed by atoms with van der Waals surface area (Å²) in [6.45, 7) is 2.58. The summed E-state index contributed by atoms with van der Waals surface area (Å²) in [7, 11) is 4.61. The third-order valence-electron chi connectivity index (χ3n) is 4.71. The van der Waals surface area contributed by atoms with Gasteiger partial charge in [-0.15, -0.1) is 0 Å². The van der Waals surface area contributed by atoms with Crippen LogP contribution in [0.2, 0.25) is 0 Å². The highest BCUT2D eigenvalue weighted by Gasteiger charge is 2.25. The molecule has 0 saturated carbocycles. The molecule has 1 aliphatic heterocycles. The van der Waals surface area contributed by atoms with Crippen molar-refractivity contribution in [2.24, 2.45) is 0 Å². The summed E-state index contributed by atoms with van der Waals surface area (Å²) in [4.78, 5) is 26.1. The third-order valence-corrected chi connectivity index (χ3v) is 4.71. The first-order chi connectivity index (χ1) is 14.0. The van der Waals surface area contributed by atoms with Crippen molar-refractivity contribution < 1.29 is 23.8 Å². The summed E-state index contributed by atoms with van der Waals surface area (Å²) < 4.78 is 15.9. The lowest BCUT2D eigenvalue weighted by molar-refractivity contribution is -0.117. The minimum atomic E-state index is -0.282. The van der Waals surface area contributed by atoms with Crippen molar-refractivity contribution in [2.45, 2.75) is 13.3 Å². The van der Waals surface area contributed by atoms with Gasteiger partial charge < -0.3 is 24.4 Å². The summed E-state index contributed by atoms with van der Waals surface area (Å²) in [5.41, 5.74) is 3.20. The Morgan fingerprint density at radius 1 is 1.10 bits per heavy atom. The van der Waals surface area contributed by atoms with Gasteiger partial charge >= 0.3 is 0 Å². The van der Waals surface area contributed by atoms with E-state index in [0.29, 0.717) is 35.9 Å². The molecule has 152 valence electrons. The van der Waals surface area contributed by atoms with Gasteiger partial charge in [-0.3, -0.25) is 9.59 Å².